The highest BCUT2D eigenvalue weighted by Gasteiger charge is 2.46. The standard InChI is InChI=1S/C28H26N2O3/c1-18-5-4-8-22(15-18)25-24(26(31)23-10-9-20-6-2-3-7-21(20)16-23)27(32)28(33)30(25)17-19-11-13-29-14-12-19/h4-5,8-16,25,31H,2-3,6-7,17H2,1H3/b26-24-. The van der Waals surface area contributed by atoms with Crippen LogP contribution in [0.2, 0.25) is 0 Å². The van der Waals surface area contributed by atoms with Crippen molar-refractivity contribution in [2.75, 3.05) is 0 Å². The summed E-state index contributed by atoms with van der Waals surface area (Å²) in [6, 6.07) is 16.6. The first-order valence-electron chi connectivity index (χ1n) is 11.4. The van der Waals surface area contributed by atoms with Crippen LogP contribution in [-0.2, 0) is 29.0 Å². The van der Waals surface area contributed by atoms with Crippen molar-refractivity contribution in [2.45, 2.75) is 45.2 Å². The van der Waals surface area contributed by atoms with Gasteiger partial charge in [0.05, 0.1) is 11.6 Å². The van der Waals surface area contributed by atoms with Gasteiger partial charge in [-0.1, -0.05) is 42.0 Å². The number of ketones is 1. The van der Waals surface area contributed by atoms with Gasteiger partial charge in [-0.2, -0.15) is 0 Å². The number of hydrogen-bond donors (Lipinski definition) is 1. The topological polar surface area (TPSA) is 70.5 Å². The molecule has 1 saturated heterocycles. The molecular weight excluding hydrogens is 412 g/mol. The zero-order chi connectivity index (χ0) is 22.9. The maximum Gasteiger partial charge on any atom is 0.295 e. The lowest BCUT2D eigenvalue weighted by molar-refractivity contribution is -0.140. The van der Waals surface area contributed by atoms with Crippen molar-refractivity contribution in [1.29, 1.82) is 0 Å². The van der Waals surface area contributed by atoms with E-state index in [-0.39, 0.29) is 17.9 Å². The van der Waals surface area contributed by atoms with Crippen LogP contribution in [0, 0.1) is 6.92 Å². The minimum Gasteiger partial charge on any atom is -0.507 e. The van der Waals surface area contributed by atoms with E-state index in [1.165, 1.54) is 17.5 Å². The van der Waals surface area contributed by atoms with Gasteiger partial charge in [-0.25, -0.2) is 0 Å². The monoisotopic (exact) mass is 438 g/mol. The van der Waals surface area contributed by atoms with Gasteiger partial charge in [-0.15, -0.1) is 0 Å². The molecule has 2 aromatic carbocycles. The Morgan fingerprint density at radius 3 is 2.52 bits per heavy atom. The zero-order valence-corrected chi connectivity index (χ0v) is 18.6. The van der Waals surface area contributed by atoms with Crippen molar-refractivity contribution in [2.24, 2.45) is 0 Å². The Labute approximate surface area is 193 Å². The molecule has 1 N–H and O–H groups in total. The summed E-state index contributed by atoms with van der Waals surface area (Å²) >= 11 is 0. The van der Waals surface area contributed by atoms with Gasteiger partial charge in [0.1, 0.15) is 5.76 Å². The third kappa shape index (κ3) is 3.95. The summed E-state index contributed by atoms with van der Waals surface area (Å²) < 4.78 is 0. The first-order chi connectivity index (χ1) is 16.0. The van der Waals surface area contributed by atoms with Gasteiger partial charge in [-0.3, -0.25) is 14.6 Å². The van der Waals surface area contributed by atoms with Gasteiger partial charge in [0.25, 0.3) is 11.7 Å². The molecule has 0 spiro atoms. The Hall–Kier alpha value is -3.73. The second-order valence-corrected chi connectivity index (χ2v) is 8.89. The Balaban J connectivity index is 1.64. The summed E-state index contributed by atoms with van der Waals surface area (Å²) in [5.41, 5.74) is 5.96. The highest BCUT2D eigenvalue weighted by atomic mass is 16.3. The summed E-state index contributed by atoms with van der Waals surface area (Å²) in [6.45, 7) is 2.23. The number of carbonyl (C=O) groups excluding carboxylic acids is 2. The van der Waals surface area contributed by atoms with E-state index in [1.807, 2.05) is 61.5 Å². The lowest BCUT2D eigenvalue weighted by Gasteiger charge is -2.26. The molecule has 1 atom stereocenters. The van der Waals surface area contributed by atoms with E-state index >= 15 is 0 Å². The molecular formula is C28H26N2O3. The molecule has 0 radical (unpaired) electrons. The lowest BCUT2D eigenvalue weighted by Crippen LogP contribution is -2.29. The molecule has 5 heteroatoms. The molecule has 1 unspecified atom stereocenters. The van der Waals surface area contributed by atoms with Crippen molar-refractivity contribution in [1.82, 2.24) is 9.88 Å². The van der Waals surface area contributed by atoms with E-state index in [0.717, 1.165) is 36.0 Å². The number of rotatable bonds is 4. The maximum absolute atomic E-state index is 13.3. The number of likely N-dealkylation sites (tertiary alicyclic amines) is 1. The minimum atomic E-state index is -0.658. The Morgan fingerprint density at radius 2 is 1.76 bits per heavy atom. The van der Waals surface area contributed by atoms with E-state index in [1.54, 1.807) is 17.3 Å². The second kappa shape index (κ2) is 8.66. The number of hydrogen-bond acceptors (Lipinski definition) is 4. The number of carbonyl (C=O) groups is 2. The van der Waals surface area contributed by atoms with Crippen molar-refractivity contribution in [3.63, 3.8) is 0 Å². The Bertz CT molecular complexity index is 1260. The largest absolute Gasteiger partial charge is 0.507 e. The quantitative estimate of drug-likeness (QED) is 0.358. The smallest absolute Gasteiger partial charge is 0.295 e. The van der Waals surface area contributed by atoms with Gasteiger partial charge < -0.3 is 10.0 Å². The number of aliphatic hydroxyl groups is 1. The summed E-state index contributed by atoms with van der Waals surface area (Å²) in [5, 5.41) is 11.4. The van der Waals surface area contributed by atoms with Crippen LogP contribution >= 0.6 is 0 Å². The molecule has 1 aliphatic heterocycles. The number of aryl methyl sites for hydroxylation is 3. The van der Waals surface area contributed by atoms with Crippen molar-refractivity contribution in [3.8, 4) is 0 Å². The van der Waals surface area contributed by atoms with E-state index in [0.29, 0.717) is 5.56 Å². The minimum absolute atomic E-state index is 0.106. The van der Waals surface area contributed by atoms with Crippen molar-refractivity contribution in [3.05, 3.63) is 106 Å². The summed E-state index contributed by atoms with van der Waals surface area (Å²) in [6.07, 6.45) is 7.63. The van der Waals surface area contributed by atoms with Crippen LogP contribution < -0.4 is 0 Å². The molecule has 33 heavy (non-hydrogen) atoms. The van der Waals surface area contributed by atoms with Crippen molar-refractivity contribution >= 4 is 17.4 Å². The Kier molecular flexibility index (Phi) is 5.55. The normalized spacial score (nSPS) is 19.5. The average Bonchev–Trinajstić information content (AvgIpc) is 3.09. The summed E-state index contributed by atoms with van der Waals surface area (Å²) in [5.74, 6) is -1.35. The molecule has 2 aliphatic rings. The molecule has 5 nitrogen and oxygen atoms in total. The second-order valence-electron chi connectivity index (χ2n) is 8.89. The van der Waals surface area contributed by atoms with E-state index in [2.05, 4.69) is 4.98 Å². The third-order valence-electron chi connectivity index (χ3n) is 6.62. The van der Waals surface area contributed by atoms with E-state index < -0.39 is 17.7 Å². The highest BCUT2D eigenvalue weighted by Crippen LogP contribution is 2.40. The van der Waals surface area contributed by atoms with Crippen LogP contribution in [-0.4, -0.2) is 26.7 Å². The predicted octanol–water partition coefficient (Wildman–Crippen LogP) is 4.89. The highest BCUT2D eigenvalue weighted by molar-refractivity contribution is 6.46. The Morgan fingerprint density at radius 1 is 1.00 bits per heavy atom. The van der Waals surface area contributed by atoms with Crippen LogP contribution in [0.25, 0.3) is 5.76 Å². The summed E-state index contributed by atoms with van der Waals surface area (Å²) in [4.78, 5) is 32.0. The van der Waals surface area contributed by atoms with Crippen LogP contribution in [0.15, 0.2) is 72.6 Å². The van der Waals surface area contributed by atoms with Gasteiger partial charge in [-0.05, 0) is 73.1 Å². The number of pyridine rings is 1. The first kappa shape index (κ1) is 21.1. The van der Waals surface area contributed by atoms with E-state index in [4.69, 9.17) is 0 Å². The maximum atomic E-state index is 13.3. The molecule has 1 aromatic heterocycles. The fourth-order valence-electron chi connectivity index (χ4n) is 4.95. The number of aliphatic hydroxyl groups excluding tert-OH is 1. The van der Waals surface area contributed by atoms with Gasteiger partial charge in [0, 0.05) is 24.5 Å². The molecule has 1 aliphatic carbocycles. The van der Waals surface area contributed by atoms with Gasteiger partial charge in [0.15, 0.2) is 0 Å². The predicted molar refractivity (Wildman–Crippen MR) is 126 cm³/mol. The van der Waals surface area contributed by atoms with Crippen LogP contribution in [0.4, 0.5) is 0 Å². The molecule has 0 bridgehead atoms. The number of aromatic nitrogens is 1. The fraction of sp³-hybridized carbons (Fsp3) is 0.250. The lowest BCUT2D eigenvalue weighted by atomic mass is 9.88. The van der Waals surface area contributed by atoms with E-state index in [9.17, 15) is 14.7 Å². The number of benzene rings is 2. The number of amides is 1. The molecule has 0 saturated carbocycles. The van der Waals surface area contributed by atoms with Crippen LogP contribution in [0.1, 0.15) is 52.3 Å². The number of nitrogens with zero attached hydrogens (tertiary/aromatic N) is 2. The third-order valence-corrected chi connectivity index (χ3v) is 6.62. The molecule has 3 aromatic rings. The zero-order valence-electron chi connectivity index (χ0n) is 18.6. The summed E-state index contributed by atoms with van der Waals surface area (Å²) in [7, 11) is 0. The van der Waals surface area contributed by atoms with Crippen LogP contribution in [0.5, 0.6) is 0 Å². The molecule has 166 valence electrons. The van der Waals surface area contributed by atoms with Gasteiger partial charge >= 0.3 is 0 Å². The fourth-order valence-corrected chi connectivity index (χ4v) is 4.95. The molecule has 1 fully saturated rings. The number of Topliss-reactive ketones (excluding diaryl/α,β-unsaturated/α-hetero) is 1. The molecule has 1 amide bonds. The van der Waals surface area contributed by atoms with Crippen LogP contribution in [0.3, 0.4) is 0 Å². The average molecular weight is 439 g/mol. The number of fused-ring (bicyclic) bond motifs is 1. The molecule has 2 heterocycles. The molecule has 5 rings (SSSR count). The SMILES string of the molecule is Cc1cccc(C2/C(=C(/O)c3ccc4c(c3)CCCC4)C(=O)C(=O)N2Cc2ccncc2)c1. The first-order valence-corrected chi connectivity index (χ1v) is 11.4. The van der Waals surface area contributed by atoms with Crippen molar-refractivity contribution < 1.29 is 14.7 Å². The van der Waals surface area contributed by atoms with Gasteiger partial charge in [0.2, 0.25) is 0 Å².